The second kappa shape index (κ2) is 15.9. The molecular formula is C34H40F4O4. The Labute approximate surface area is 245 Å². The molecule has 3 aromatic rings. The van der Waals surface area contributed by atoms with E-state index >= 15 is 4.39 Å². The lowest BCUT2D eigenvalue weighted by Crippen LogP contribution is -2.36. The Bertz CT molecular complexity index is 1270. The van der Waals surface area contributed by atoms with E-state index in [0.717, 1.165) is 44.9 Å². The second-order valence-electron chi connectivity index (χ2n) is 10.7. The fourth-order valence-corrected chi connectivity index (χ4v) is 4.96. The van der Waals surface area contributed by atoms with Crippen LogP contribution >= 0.6 is 0 Å². The summed E-state index contributed by atoms with van der Waals surface area (Å²) < 4.78 is 81.7. The van der Waals surface area contributed by atoms with Crippen molar-refractivity contribution in [2.45, 2.75) is 71.5 Å². The van der Waals surface area contributed by atoms with Crippen molar-refractivity contribution < 1.29 is 36.5 Å². The van der Waals surface area contributed by atoms with Crippen LogP contribution in [-0.2, 0) is 9.47 Å². The lowest BCUT2D eigenvalue weighted by Gasteiger charge is -2.29. The summed E-state index contributed by atoms with van der Waals surface area (Å²) in [4.78, 5) is 0. The third kappa shape index (κ3) is 8.26. The van der Waals surface area contributed by atoms with Gasteiger partial charge >= 0.3 is 0 Å². The minimum atomic E-state index is -1.12. The van der Waals surface area contributed by atoms with E-state index in [9.17, 15) is 13.2 Å². The van der Waals surface area contributed by atoms with Gasteiger partial charge in [0.05, 0.1) is 19.8 Å². The van der Waals surface area contributed by atoms with Crippen LogP contribution in [0.3, 0.4) is 0 Å². The zero-order chi connectivity index (χ0) is 29.9. The number of hydrogen-bond acceptors (Lipinski definition) is 4. The van der Waals surface area contributed by atoms with Crippen molar-refractivity contribution in [2.75, 3.05) is 26.4 Å². The molecule has 0 spiro atoms. The third-order valence-corrected chi connectivity index (χ3v) is 7.48. The van der Waals surface area contributed by atoms with Gasteiger partial charge in [-0.2, -0.15) is 8.78 Å². The van der Waals surface area contributed by atoms with Gasteiger partial charge in [0.2, 0.25) is 11.6 Å². The molecule has 0 radical (unpaired) electrons. The van der Waals surface area contributed by atoms with Gasteiger partial charge in [0.25, 0.3) is 0 Å². The largest absolute Gasteiger partial charge is 0.490 e. The molecule has 228 valence electrons. The first kappa shape index (κ1) is 31.8. The van der Waals surface area contributed by atoms with Gasteiger partial charge in [-0.15, -0.1) is 0 Å². The Morgan fingerprint density at radius 1 is 0.619 bits per heavy atom. The molecular weight excluding hydrogens is 548 g/mol. The van der Waals surface area contributed by atoms with Gasteiger partial charge < -0.3 is 18.9 Å². The Hall–Kier alpha value is -3.10. The summed E-state index contributed by atoms with van der Waals surface area (Å²) in [6.45, 7) is 5.61. The number of halogens is 4. The smallest absolute Gasteiger partial charge is 0.201 e. The van der Waals surface area contributed by atoms with E-state index in [1.807, 2.05) is 0 Å². The zero-order valence-electron chi connectivity index (χ0n) is 24.4. The highest BCUT2D eigenvalue weighted by Gasteiger charge is 2.24. The van der Waals surface area contributed by atoms with E-state index in [2.05, 4.69) is 13.8 Å². The highest BCUT2D eigenvalue weighted by Crippen LogP contribution is 2.34. The van der Waals surface area contributed by atoms with Gasteiger partial charge in [-0.1, -0.05) is 76.6 Å². The van der Waals surface area contributed by atoms with Crippen LogP contribution in [0.2, 0.25) is 0 Å². The van der Waals surface area contributed by atoms with Crippen LogP contribution in [0, 0.1) is 29.2 Å². The van der Waals surface area contributed by atoms with Gasteiger partial charge in [-0.25, -0.2) is 8.78 Å². The van der Waals surface area contributed by atoms with Gasteiger partial charge in [0, 0.05) is 17.0 Å². The molecule has 1 aliphatic rings. The summed E-state index contributed by atoms with van der Waals surface area (Å²) in [7, 11) is 0. The molecule has 0 unspecified atom stereocenters. The Balaban J connectivity index is 1.35. The second-order valence-corrected chi connectivity index (χ2v) is 10.7. The molecule has 1 saturated heterocycles. The maximum absolute atomic E-state index is 15.0. The Morgan fingerprint density at radius 2 is 1.14 bits per heavy atom. The number of rotatable bonds is 15. The molecule has 0 saturated carbocycles. The van der Waals surface area contributed by atoms with Crippen LogP contribution < -0.4 is 9.47 Å². The first-order valence-electron chi connectivity index (χ1n) is 15.0. The summed E-state index contributed by atoms with van der Waals surface area (Å²) in [6.07, 6.45) is 7.73. The molecule has 1 fully saturated rings. The van der Waals surface area contributed by atoms with E-state index < -0.39 is 29.6 Å². The van der Waals surface area contributed by atoms with Crippen molar-refractivity contribution in [1.29, 1.82) is 0 Å². The van der Waals surface area contributed by atoms with Crippen LogP contribution in [0.1, 0.15) is 65.2 Å². The average molecular weight is 589 g/mol. The molecule has 1 heterocycles. The van der Waals surface area contributed by atoms with E-state index in [1.54, 1.807) is 0 Å². The van der Waals surface area contributed by atoms with Crippen molar-refractivity contribution in [3.05, 3.63) is 71.8 Å². The lowest BCUT2D eigenvalue weighted by atomic mass is 9.99. The van der Waals surface area contributed by atoms with Crippen molar-refractivity contribution in [1.82, 2.24) is 0 Å². The molecule has 0 aromatic heterocycles. The minimum absolute atomic E-state index is 0.0185. The van der Waals surface area contributed by atoms with Crippen LogP contribution in [0.5, 0.6) is 11.5 Å². The van der Waals surface area contributed by atoms with Crippen molar-refractivity contribution in [2.24, 2.45) is 5.92 Å². The SMILES string of the molecule is CCCCCCOc1ccc(-c2ccc(-c3ccc(OCC4OCC(CCCCC)CO4)c(F)c3F)cc2)c(F)c1F. The summed E-state index contributed by atoms with van der Waals surface area (Å²) in [5.41, 5.74) is 0.838. The molecule has 0 aliphatic carbocycles. The number of ether oxygens (including phenoxy) is 4. The third-order valence-electron chi connectivity index (χ3n) is 7.48. The summed E-state index contributed by atoms with van der Waals surface area (Å²) >= 11 is 0. The lowest BCUT2D eigenvalue weighted by molar-refractivity contribution is -0.212. The number of unbranched alkanes of at least 4 members (excludes halogenated alkanes) is 5. The van der Waals surface area contributed by atoms with E-state index in [0.29, 0.717) is 36.9 Å². The highest BCUT2D eigenvalue weighted by molar-refractivity contribution is 5.72. The molecule has 0 atom stereocenters. The summed E-state index contributed by atoms with van der Waals surface area (Å²) in [5.74, 6) is -4.30. The molecule has 1 aliphatic heterocycles. The van der Waals surface area contributed by atoms with Crippen molar-refractivity contribution in [3.8, 4) is 33.8 Å². The fourth-order valence-electron chi connectivity index (χ4n) is 4.96. The molecule has 4 nitrogen and oxygen atoms in total. The van der Waals surface area contributed by atoms with Crippen LogP contribution in [0.25, 0.3) is 22.3 Å². The quantitative estimate of drug-likeness (QED) is 0.131. The zero-order valence-corrected chi connectivity index (χ0v) is 24.4. The molecule has 0 bridgehead atoms. The van der Waals surface area contributed by atoms with Gasteiger partial charge in [-0.3, -0.25) is 0 Å². The standard InChI is InChI=1S/C34H40F4O4/c1-3-5-7-9-19-39-28-17-15-26(31(35)33(28)37)24-11-13-25(14-12-24)27-16-18-29(34(38)32(27)36)40-22-30-41-20-23(21-42-30)10-8-6-4-2/h11-18,23,30H,3-10,19-22H2,1-2H3. The number of hydrogen-bond donors (Lipinski definition) is 0. The first-order valence-corrected chi connectivity index (χ1v) is 15.0. The maximum Gasteiger partial charge on any atom is 0.201 e. The Morgan fingerprint density at radius 3 is 1.69 bits per heavy atom. The Kier molecular flexibility index (Phi) is 12.1. The van der Waals surface area contributed by atoms with Crippen LogP contribution in [-0.4, -0.2) is 32.7 Å². The van der Waals surface area contributed by atoms with E-state index in [1.165, 1.54) is 55.0 Å². The normalized spacial score (nSPS) is 16.9. The van der Waals surface area contributed by atoms with Crippen LogP contribution in [0.4, 0.5) is 17.6 Å². The van der Waals surface area contributed by atoms with Crippen LogP contribution in [0.15, 0.2) is 48.5 Å². The van der Waals surface area contributed by atoms with E-state index in [4.69, 9.17) is 18.9 Å². The van der Waals surface area contributed by atoms with Gasteiger partial charge in [-0.05, 0) is 48.2 Å². The average Bonchev–Trinajstić information content (AvgIpc) is 3.01. The summed E-state index contributed by atoms with van der Waals surface area (Å²) in [5, 5.41) is 0. The molecule has 4 rings (SSSR count). The first-order chi connectivity index (χ1) is 20.4. The monoisotopic (exact) mass is 588 g/mol. The molecule has 0 amide bonds. The molecule has 0 N–H and O–H groups in total. The molecule has 42 heavy (non-hydrogen) atoms. The topological polar surface area (TPSA) is 36.9 Å². The van der Waals surface area contributed by atoms with E-state index in [-0.39, 0.29) is 29.2 Å². The fraction of sp³-hybridized carbons (Fsp3) is 0.471. The van der Waals surface area contributed by atoms with Gasteiger partial charge in [0.15, 0.2) is 29.4 Å². The predicted molar refractivity (Wildman–Crippen MR) is 156 cm³/mol. The molecule has 3 aromatic carbocycles. The van der Waals surface area contributed by atoms with Crippen molar-refractivity contribution in [3.63, 3.8) is 0 Å². The minimum Gasteiger partial charge on any atom is -0.490 e. The maximum atomic E-state index is 15.0. The summed E-state index contributed by atoms with van der Waals surface area (Å²) in [6, 6.07) is 11.8. The highest BCUT2D eigenvalue weighted by atomic mass is 19.2. The number of benzene rings is 3. The van der Waals surface area contributed by atoms with Crippen molar-refractivity contribution >= 4 is 0 Å². The molecule has 8 heteroatoms. The predicted octanol–water partition coefficient (Wildman–Crippen LogP) is 9.48. The van der Waals surface area contributed by atoms with Gasteiger partial charge in [0.1, 0.15) is 6.61 Å².